The van der Waals surface area contributed by atoms with Crippen LogP contribution in [-0.2, 0) is 24.1 Å². The van der Waals surface area contributed by atoms with E-state index in [1.165, 1.54) is 16.8 Å². The summed E-state index contributed by atoms with van der Waals surface area (Å²) >= 11 is 0. The van der Waals surface area contributed by atoms with Gasteiger partial charge in [0.05, 0.1) is 24.9 Å². The fraction of sp³-hybridized carbons (Fsp3) is 0.643. The summed E-state index contributed by atoms with van der Waals surface area (Å²) in [5.41, 5.74) is 6.82. The van der Waals surface area contributed by atoms with Gasteiger partial charge in [0, 0.05) is 43.1 Å². The number of aliphatic hydroxyl groups excluding tert-OH is 1. The second kappa shape index (κ2) is 9.94. The third kappa shape index (κ3) is 4.85. The van der Waals surface area contributed by atoms with Crippen LogP contribution >= 0.6 is 0 Å². The summed E-state index contributed by atoms with van der Waals surface area (Å²) < 4.78 is 7.76. The largest absolute Gasteiger partial charge is 0.391 e. The molecule has 2 aliphatic heterocycles. The highest BCUT2D eigenvalue weighted by molar-refractivity contribution is 5.94. The van der Waals surface area contributed by atoms with E-state index < -0.39 is 6.10 Å². The van der Waals surface area contributed by atoms with E-state index in [4.69, 9.17) is 9.84 Å². The van der Waals surface area contributed by atoms with Crippen molar-refractivity contribution in [3.05, 3.63) is 46.3 Å². The molecule has 2 fully saturated rings. The van der Waals surface area contributed by atoms with Crippen molar-refractivity contribution in [1.82, 2.24) is 14.7 Å². The zero-order valence-corrected chi connectivity index (χ0v) is 21.7. The first-order valence-electron chi connectivity index (χ1n) is 13.3. The van der Waals surface area contributed by atoms with Gasteiger partial charge in [-0.15, -0.1) is 0 Å². The molecule has 0 saturated carbocycles. The number of morpholine rings is 1. The highest BCUT2D eigenvalue weighted by Gasteiger charge is 2.34. The van der Waals surface area contributed by atoms with Crippen molar-refractivity contribution in [3.63, 3.8) is 0 Å². The third-order valence-corrected chi connectivity index (χ3v) is 8.28. The number of hydrogen-bond donors (Lipinski definition) is 1. The number of carbonyl (C=O) groups is 1. The molecule has 35 heavy (non-hydrogen) atoms. The van der Waals surface area contributed by atoms with Crippen molar-refractivity contribution in [2.45, 2.75) is 84.7 Å². The third-order valence-electron chi connectivity index (χ3n) is 8.28. The van der Waals surface area contributed by atoms with Crippen LogP contribution in [0.4, 0.5) is 5.69 Å². The van der Waals surface area contributed by atoms with Crippen molar-refractivity contribution in [2.24, 2.45) is 5.92 Å². The highest BCUT2D eigenvalue weighted by Crippen LogP contribution is 2.31. The SMILES string of the molecule is Cc1cccc(N2CCC(C(O)Cn3nc(C(=O)N4C[C@@H](C)O[C@@H](C)C4)c4c3CCC4)CC2)c1C. The molecule has 190 valence electrons. The van der Waals surface area contributed by atoms with Gasteiger partial charge in [-0.3, -0.25) is 9.48 Å². The number of ether oxygens (including phenoxy) is 1. The summed E-state index contributed by atoms with van der Waals surface area (Å²) in [6, 6.07) is 6.51. The van der Waals surface area contributed by atoms with Gasteiger partial charge in [0.2, 0.25) is 0 Å². The quantitative estimate of drug-likeness (QED) is 0.709. The lowest BCUT2D eigenvalue weighted by Crippen LogP contribution is -2.48. The average molecular weight is 481 g/mol. The molecule has 1 amide bonds. The lowest BCUT2D eigenvalue weighted by Gasteiger charge is -2.36. The number of carbonyl (C=O) groups excluding carboxylic acids is 1. The number of aryl methyl sites for hydroxylation is 1. The Bertz CT molecular complexity index is 1060. The molecule has 0 bridgehead atoms. The number of aliphatic hydroxyl groups is 1. The Morgan fingerprint density at radius 1 is 1.14 bits per heavy atom. The highest BCUT2D eigenvalue weighted by atomic mass is 16.5. The van der Waals surface area contributed by atoms with Gasteiger partial charge in [0.1, 0.15) is 0 Å². The second-order valence-corrected chi connectivity index (χ2v) is 10.9. The van der Waals surface area contributed by atoms with Gasteiger partial charge in [0.15, 0.2) is 5.69 Å². The average Bonchev–Trinajstić information content (AvgIpc) is 3.44. The molecule has 1 unspecified atom stereocenters. The zero-order chi connectivity index (χ0) is 24.7. The maximum Gasteiger partial charge on any atom is 0.274 e. The number of fused-ring (bicyclic) bond motifs is 1. The molecule has 7 heteroatoms. The second-order valence-electron chi connectivity index (χ2n) is 10.9. The number of piperidine rings is 1. The minimum atomic E-state index is -0.452. The van der Waals surface area contributed by atoms with Crippen molar-refractivity contribution in [2.75, 3.05) is 31.1 Å². The van der Waals surface area contributed by atoms with Gasteiger partial charge >= 0.3 is 0 Å². The van der Waals surface area contributed by atoms with E-state index >= 15 is 0 Å². The number of amides is 1. The van der Waals surface area contributed by atoms with Gasteiger partial charge in [0.25, 0.3) is 5.91 Å². The Labute approximate surface area is 209 Å². The molecule has 1 aromatic carbocycles. The monoisotopic (exact) mass is 480 g/mol. The molecule has 7 nitrogen and oxygen atoms in total. The van der Waals surface area contributed by atoms with Crippen LogP contribution in [0.1, 0.15) is 66.0 Å². The molecule has 0 spiro atoms. The minimum absolute atomic E-state index is 0.0141. The molecule has 3 atom stereocenters. The van der Waals surface area contributed by atoms with E-state index in [9.17, 15) is 9.90 Å². The number of hydrogen-bond acceptors (Lipinski definition) is 5. The maximum atomic E-state index is 13.4. The molecule has 2 aromatic rings. The molecule has 2 saturated heterocycles. The van der Waals surface area contributed by atoms with Gasteiger partial charge in [-0.25, -0.2) is 0 Å². The normalized spacial score (nSPS) is 24.0. The maximum absolute atomic E-state index is 13.4. The smallest absolute Gasteiger partial charge is 0.274 e. The van der Waals surface area contributed by atoms with E-state index in [0.717, 1.165) is 56.5 Å². The molecule has 1 aliphatic carbocycles. The molecular formula is C28H40N4O3. The number of aromatic nitrogens is 2. The van der Waals surface area contributed by atoms with E-state index in [-0.39, 0.29) is 24.0 Å². The Morgan fingerprint density at radius 2 is 1.86 bits per heavy atom. The number of benzene rings is 1. The van der Waals surface area contributed by atoms with Crippen LogP contribution < -0.4 is 4.90 Å². The fourth-order valence-electron chi connectivity index (χ4n) is 6.26. The number of nitrogens with zero attached hydrogens (tertiary/aromatic N) is 4. The molecule has 1 aromatic heterocycles. The Morgan fingerprint density at radius 3 is 2.57 bits per heavy atom. The van der Waals surface area contributed by atoms with E-state index in [0.29, 0.717) is 25.3 Å². The van der Waals surface area contributed by atoms with Gasteiger partial charge in [-0.2, -0.15) is 5.10 Å². The predicted molar refractivity (Wildman–Crippen MR) is 137 cm³/mol. The van der Waals surface area contributed by atoms with Gasteiger partial charge in [-0.1, -0.05) is 12.1 Å². The molecule has 1 N–H and O–H groups in total. The van der Waals surface area contributed by atoms with Crippen LogP contribution in [0.2, 0.25) is 0 Å². The molecule has 3 heterocycles. The predicted octanol–water partition coefficient (Wildman–Crippen LogP) is 3.52. The summed E-state index contributed by atoms with van der Waals surface area (Å²) in [5.74, 6) is 0.262. The summed E-state index contributed by atoms with van der Waals surface area (Å²) in [5, 5.41) is 16.0. The zero-order valence-electron chi connectivity index (χ0n) is 21.7. The van der Waals surface area contributed by atoms with Crippen LogP contribution in [0, 0.1) is 19.8 Å². The lowest BCUT2D eigenvalue weighted by molar-refractivity contribution is -0.0587. The molecule has 3 aliphatic rings. The van der Waals surface area contributed by atoms with E-state index in [2.05, 4.69) is 36.9 Å². The molecular weight excluding hydrogens is 440 g/mol. The first-order chi connectivity index (χ1) is 16.8. The summed E-state index contributed by atoms with van der Waals surface area (Å²) in [7, 11) is 0. The van der Waals surface area contributed by atoms with Crippen LogP contribution in [0.5, 0.6) is 0 Å². The minimum Gasteiger partial charge on any atom is -0.391 e. The fourth-order valence-corrected chi connectivity index (χ4v) is 6.26. The Kier molecular flexibility index (Phi) is 6.91. The van der Waals surface area contributed by atoms with Gasteiger partial charge in [-0.05, 0) is 82.9 Å². The van der Waals surface area contributed by atoms with Crippen LogP contribution in [0.15, 0.2) is 18.2 Å². The molecule has 0 radical (unpaired) electrons. The lowest BCUT2D eigenvalue weighted by atomic mass is 9.90. The Hall–Kier alpha value is -2.38. The van der Waals surface area contributed by atoms with Crippen molar-refractivity contribution in [3.8, 4) is 0 Å². The first-order valence-corrected chi connectivity index (χ1v) is 13.3. The van der Waals surface area contributed by atoms with E-state index in [1.807, 2.05) is 23.4 Å². The summed E-state index contributed by atoms with van der Waals surface area (Å²) in [6.45, 7) is 12.0. The Balaban J connectivity index is 1.25. The first kappa shape index (κ1) is 24.3. The summed E-state index contributed by atoms with van der Waals surface area (Å²) in [6.07, 6.45) is 4.43. The van der Waals surface area contributed by atoms with Crippen molar-refractivity contribution < 1.29 is 14.6 Å². The van der Waals surface area contributed by atoms with Crippen molar-refractivity contribution in [1.29, 1.82) is 0 Å². The standard InChI is InChI=1S/C28H40N4O3/c1-18-7-5-9-24(21(18)4)30-13-11-22(12-14-30)26(33)17-32-25-10-6-8-23(25)27(29-32)28(34)31-15-19(2)35-20(3)16-31/h5,7,9,19-20,22,26,33H,6,8,10-17H2,1-4H3/t19-,20+,26?. The van der Waals surface area contributed by atoms with Crippen molar-refractivity contribution >= 4 is 11.6 Å². The number of anilines is 1. The van der Waals surface area contributed by atoms with Gasteiger partial charge < -0.3 is 19.6 Å². The van der Waals surface area contributed by atoms with E-state index in [1.54, 1.807) is 0 Å². The van der Waals surface area contributed by atoms with Crippen LogP contribution in [0.3, 0.4) is 0 Å². The molecule has 5 rings (SSSR count). The summed E-state index contributed by atoms with van der Waals surface area (Å²) in [4.78, 5) is 17.7. The van der Waals surface area contributed by atoms with Crippen LogP contribution in [0.25, 0.3) is 0 Å². The topological polar surface area (TPSA) is 70.8 Å². The number of rotatable bonds is 5. The van der Waals surface area contributed by atoms with Crippen LogP contribution in [-0.4, -0.2) is 70.2 Å².